The van der Waals surface area contributed by atoms with Crippen LogP contribution in [0.4, 0.5) is 22.0 Å². The van der Waals surface area contributed by atoms with E-state index >= 15 is 0 Å². The van der Waals surface area contributed by atoms with Crippen molar-refractivity contribution >= 4 is 12.2 Å². The fourth-order valence-electron chi connectivity index (χ4n) is 1.40. The molecule has 0 aliphatic carbocycles. The third kappa shape index (κ3) is 2.05. The lowest BCUT2D eigenvalue weighted by atomic mass is 10.2. The molecule has 0 amide bonds. The van der Waals surface area contributed by atoms with Gasteiger partial charge in [-0.3, -0.25) is 14.3 Å². The van der Waals surface area contributed by atoms with Crippen LogP contribution >= 0.6 is 12.2 Å². The van der Waals surface area contributed by atoms with Crippen LogP contribution in [0, 0.1) is 33.9 Å². The van der Waals surface area contributed by atoms with Crippen LogP contribution < -0.4 is 5.56 Å². The van der Waals surface area contributed by atoms with Crippen molar-refractivity contribution in [3.8, 4) is 5.69 Å². The Morgan fingerprint density at radius 2 is 1.42 bits per heavy atom. The van der Waals surface area contributed by atoms with Gasteiger partial charge in [0, 0.05) is 12.3 Å². The van der Waals surface area contributed by atoms with Gasteiger partial charge in [-0.1, -0.05) is 0 Å². The van der Waals surface area contributed by atoms with Crippen molar-refractivity contribution in [2.24, 2.45) is 0 Å². The van der Waals surface area contributed by atoms with Gasteiger partial charge in [-0.15, -0.1) is 0 Å². The fourth-order valence-corrected chi connectivity index (χ4v) is 1.65. The van der Waals surface area contributed by atoms with Gasteiger partial charge in [0.05, 0.1) is 0 Å². The van der Waals surface area contributed by atoms with E-state index in [2.05, 4.69) is 12.2 Å². The molecule has 1 N–H and O–H groups in total. The van der Waals surface area contributed by atoms with E-state index in [0.29, 0.717) is 4.57 Å². The zero-order valence-corrected chi connectivity index (χ0v) is 9.62. The average Bonchev–Trinajstić information content (AvgIpc) is 2.37. The number of aromatic amines is 1. The molecule has 0 aliphatic heterocycles. The number of halogens is 5. The third-order valence-corrected chi connectivity index (χ3v) is 2.55. The van der Waals surface area contributed by atoms with Crippen LogP contribution in [-0.2, 0) is 0 Å². The number of rotatable bonds is 1. The summed E-state index contributed by atoms with van der Waals surface area (Å²) in [6.45, 7) is 0. The summed E-state index contributed by atoms with van der Waals surface area (Å²) in [7, 11) is 0. The Morgan fingerprint density at radius 3 is 1.89 bits per heavy atom. The predicted octanol–water partition coefficient (Wildman–Crippen LogP) is 2.59. The maximum atomic E-state index is 13.5. The second-order valence-corrected chi connectivity index (χ2v) is 3.79. The first-order chi connectivity index (χ1) is 8.84. The molecule has 0 spiro atoms. The molecule has 0 fully saturated rings. The molecule has 0 saturated heterocycles. The first-order valence-electron chi connectivity index (χ1n) is 4.68. The molecule has 2 aromatic rings. The minimum absolute atomic E-state index is 0.479. The topological polar surface area (TPSA) is 37.8 Å². The van der Waals surface area contributed by atoms with Gasteiger partial charge in [0.25, 0.3) is 5.56 Å². The summed E-state index contributed by atoms with van der Waals surface area (Å²) in [5.41, 5.74) is -1.93. The number of H-pyrrole nitrogens is 1. The van der Waals surface area contributed by atoms with Crippen LogP contribution in [0.5, 0.6) is 0 Å². The first-order valence-corrected chi connectivity index (χ1v) is 5.09. The van der Waals surface area contributed by atoms with E-state index in [0.717, 1.165) is 12.3 Å². The van der Waals surface area contributed by atoms with Crippen molar-refractivity contribution in [1.82, 2.24) is 9.55 Å². The molecule has 0 saturated carbocycles. The van der Waals surface area contributed by atoms with Crippen LogP contribution in [0.15, 0.2) is 17.1 Å². The average molecular weight is 294 g/mol. The van der Waals surface area contributed by atoms with Crippen LogP contribution in [0.2, 0.25) is 0 Å². The Hall–Kier alpha value is -2.03. The first kappa shape index (κ1) is 13.4. The lowest BCUT2D eigenvalue weighted by Gasteiger charge is -2.10. The molecule has 0 bridgehead atoms. The molecular weight excluding hydrogens is 291 g/mol. The van der Waals surface area contributed by atoms with E-state index in [1.807, 2.05) is 4.98 Å². The molecule has 2 rings (SSSR count). The molecule has 9 heteroatoms. The van der Waals surface area contributed by atoms with Crippen molar-refractivity contribution in [1.29, 1.82) is 0 Å². The molecule has 19 heavy (non-hydrogen) atoms. The molecule has 1 aromatic carbocycles. The summed E-state index contributed by atoms with van der Waals surface area (Å²) in [5.74, 6) is -10.5. The summed E-state index contributed by atoms with van der Waals surface area (Å²) >= 11 is 4.60. The van der Waals surface area contributed by atoms with Crippen LogP contribution in [0.25, 0.3) is 5.69 Å². The number of nitrogens with one attached hydrogen (secondary N) is 1. The number of benzene rings is 1. The van der Waals surface area contributed by atoms with Gasteiger partial charge in [0.1, 0.15) is 5.69 Å². The molecule has 3 nitrogen and oxygen atoms in total. The van der Waals surface area contributed by atoms with E-state index < -0.39 is 45.1 Å². The molecule has 100 valence electrons. The highest BCUT2D eigenvalue weighted by Crippen LogP contribution is 2.25. The molecule has 0 aliphatic rings. The van der Waals surface area contributed by atoms with Gasteiger partial charge in [-0.2, -0.15) is 0 Å². The Labute approximate surface area is 106 Å². The van der Waals surface area contributed by atoms with Gasteiger partial charge < -0.3 is 0 Å². The van der Waals surface area contributed by atoms with Gasteiger partial charge >= 0.3 is 0 Å². The molecular formula is C10H3F5N2OS. The number of hydrogen-bond donors (Lipinski definition) is 1. The summed E-state index contributed by atoms with van der Waals surface area (Å²) < 4.78 is 65.8. The number of aromatic nitrogens is 2. The predicted molar refractivity (Wildman–Crippen MR) is 57.0 cm³/mol. The molecule has 1 heterocycles. The highest BCUT2D eigenvalue weighted by molar-refractivity contribution is 7.71. The zero-order chi connectivity index (χ0) is 14.3. The van der Waals surface area contributed by atoms with Crippen LogP contribution in [0.3, 0.4) is 0 Å². The lowest BCUT2D eigenvalue weighted by Crippen LogP contribution is -2.15. The monoisotopic (exact) mass is 294 g/mol. The highest BCUT2D eigenvalue weighted by atomic mass is 32.1. The van der Waals surface area contributed by atoms with Gasteiger partial charge in [-0.05, 0) is 12.2 Å². The van der Waals surface area contributed by atoms with Crippen LogP contribution in [0.1, 0.15) is 0 Å². The maximum absolute atomic E-state index is 13.5. The Balaban J connectivity index is 2.91. The Morgan fingerprint density at radius 1 is 0.947 bits per heavy atom. The summed E-state index contributed by atoms with van der Waals surface area (Å²) in [5, 5.41) is 0. The van der Waals surface area contributed by atoms with Crippen LogP contribution in [-0.4, -0.2) is 9.55 Å². The highest BCUT2D eigenvalue weighted by Gasteiger charge is 2.26. The fraction of sp³-hybridized carbons (Fsp3) is 0. The van der Waals surface area contributed by atoms with Crippen molar-refractivity contribution in [3.63, 3.8) is 0 Å². The van der Waals surface area contributed by atoms with E-state index in [9.17, 15) is 26.7 Å². The van der Waals surface area contributed by atoms with E-state index in [-0.39, 0.29) is 0 Å². The maximum Gasteiger partial charge on any atom is 0.251 e. The second kappa shape index (κ2) is 4.57. The van der Waals surface area contributed by atoms with Crippen molar-refractivity contribution < 1.29 is 22.0 Å². The lowest BCUT2D eigenvalue weighted by molar-refractivity contribution is 0.375. The van der Waals surface area contributed by atoms with Gasteiger partial charge in [-0.25, -0.2) is 22.0 Å². The smallest absolute Gasteiger partial charge is 0.251 e. The Bertz CT molecular complexity index is 753. The van der Waals surface area contributed by atoms with E-state index in [4.69, 9.17) is 0 Å². The van der Waals surface area contributed by atoms with Crippen molar-refractivity contribution in [2.45, 2.75) is 0 Å². The summed E-state index contributed by atoms with van der Waals surface area (Å²) in [6.07, 6.45) is 0.805. The van der Waals surface area contributed by atoms with Crippen molar-refractivity contribution in [2.75, 3.05) is 0 Å². The minimum Gasteiger partial charge on any atom is -0.299 e. The summed E-state index contributed by atoms with van der Waals surface area (Å²) in [4.78, 5) is 12.9. The van der Waals surface area contributed by atoms with E-state index in [1.54, 1.807) is 0 Å². The van der Waals surface area contributed by atoms with Gasteiger partial charge in [0.15, 0.2) is 28.0 Å². The standard InChI is InChI=1S/C10H3F5N2OS/c11-4-5(12)7(14)9(8(15)6(4)13)17-2-1-3(18)16-10(17)19/h1-2H,(H,16,18,19). The zero-order valence-electron chi connectivity index (χ0n) is 8.81. The third-order valence-electron chi connectivity index (χ3n) is 2.25. The molecule has 0 atom stereocenters. The van der Waals surface area contributed by atoms with Crippen molar-refractivity contribution in [3.05, 3.63) is 56.5 Å². The second-order valence-electron chi connectivity index (χ2n) is 3.40. The molecule has 1 aromatic heterocycles. The Kier molecular flexibility index (Phi) is 3.23. The van der Waals surface area contributed by atoms with Gasteiger partial charge in [0.2, 0.25) is 5.82 Å². The number of hydrogen-bond acceptors (Lipinski definition) is 2. The minimum atomic E-state index is -2.27. The summed E-state index contributed by atoms with van der Waals surface area (Å²) in [6, 6.07) is 0.827. The van der Waals surface area contributed by atoms with E-state index in [1.165, 1.54) is 0 Å². The molecule has 0 unspecified atom stereocenters. The normalized spacial score (nSPS) is 10.8. The number of nitrogens with zero attached hydrogens (tertiary/aromatic N) is 1. The molecule has 0 radical (unpaired) electrons. The largest absolute Gasteiger partial charge is 0.299 e. The quantitative estimate of drug-likeness (QED) is 0.380. The SMILES string of the molecule is O=c1ccn(-c2c(F)c(F)c(F)c(F)c2F)c(=S)[nH]1.